The summed E-state index contributed by atoms with van der Waals surface area (Å²) in [5.74, 6) is -0.365. The van der Waals surface area contributed by atoms with E-state index in [1.54, 1.807) is 0 Å². The summed E-state index contributed by atoms with van der Waals surface area (Å²) in [6.07, 6.45) is 1.69. The fourth-order valence-electron chi connectivity index (χ4n) is 1.43. The summed E-state index contributed by atoms with van der Waals surface area (Å²) in [6, 6.07) is 7.72. The third-order valence-electron chi connectivity index (χ3n) is 2.20. The summed E-state index contributed by atoms with van der Waals surface area (Å²) in [4.78, 5) is 10.6. The van der Waals surface area contributed by atoms with E-state index in [4.69, 9.17) is 5.11 Å². The van der Waals surface area contributed by atoms with Crippen molar-refractivity contribution in [2.24, 2.45) is 0 Å². The normalized spacial score (nSPS) is 12.5. The first-order valence-electron chi connectivity index (χ1n) is 4.47. The Morgan fingerprint density at radius 2 is 2.15 bits per heavy atom. The predicted molar refractivity (Wildman–Crippen MR) is 51.7 cm³/mol. The van der Waals surface area contributed by atoms with Crippen molar-refractivity contribution >= 4 is 6.29 Å². The van der Waals surface area contributed by atoms with Crippen molar-refractivity contribution in [1.29, 1.82) is 0 Å². The number of aryl methyl sites for hydroxylation is 1. The molecule has 0 aliphatic carbocycles. The molecule has 1 rings (SSSR count). The Labute approximate surface area is 78.2 Å². The van der Waals surface area contributed by atoms with Crippen LogP contribution in [0.25, 0.3) is 0 Å². The molecule has 0 radical (unpaired) electrons. The Morgan fingerprint density at radius 3 is 2.69 bits per heavy atom. The van der Waals surface area contributed by atoms with Crippen molar-refractivity contribution < 1.29 is 9.90 Å². The molecular formula is C11H14O2. The van der Waals surface area contributed by atoms with Crippen LogP contribution in [0.4, 0.5) is 0 Å². The third kappa shape index (κ3) is 2.16. The monoisotopic (exact) mass is 178 g/mol. The molecule has 2 nitrogen and oxygen atoms in total. The van der Waals surface area contributed by atoms with E-state index in [2.05, 4.69) is 0 Å². The molecule has 1 aromatic carbocycles. The lowest BCUT2D eigenvalue weighted by molar-refractivity contribution is -0.109. The number of rotatable bonds is 4. The number of benzene rings is 1. The molecule has 0 spiro atoms. The van der Waals surface area contributed by atoms with Crippen LogP contribution in [0.1, 0.15) is 24.0 Å². The van der Waals surface area contributed by atoms with Gasteiger partial charge in [-0.3, -0.25) is 0 Å². The van der Waals surface area contributed by atoms with Gasteiger partial charge in [0.25, 0.3) is 0 Å². The molecule has 0 amide bonds. The number of aliphatic hydroxyl groups excluding tert-OH is 1. The molecule has 0 fully saturated rings. The van der Waals surface area contributed by atoms with Crippen molar-refractivity contribution in [1.82, 2.24) is 0 Å². The first-order chi connectivity index (χ1) is 6.33. The number of hydrogen-bond acceptors (Lipinski definition) is 2. The molecule has 1 unspecified atom stereocenters. The van der Waals surface area contributed by atoms with Crippen LogP contribution in [0, 0.1) is 0 Å². The van der Waals surface area contributed by atoms with E-state index in [1.807, 2.05) is 31.2 Å². The second-order valence-corrected chi connectivity index (χ2v) is 2.98. The van der Waals surface area contributed by atoms with Gasteiger partial charge in [-0.1, -0.05) is 31.2 Å². The molecule has 1 N–H and O–H groups in total. The number of carbonyl (C=O) groups excluding carboxylic acids is 1. The molecule has 0 aliphatic heterocycles. The van der Waals surface area contributed by atoms with Crippen molar-refractivity contribution in [2.45, 2.75) is 19.3 Å². The Kier molecular flexibility index (Phi) is 3.65. The first-order valence-corrected chi connectivity index (χ1v) is 4.47. The van der Waals surface area contributed by atoms with Crippen LogP contribution in [0.15, 0.2) is 24.3 Å². The molecule has 0 saturated heterocycles. The van der Waals surface area contributed by atoms with Crippen LogP contribution in [-0.4, -0.2) is 18.0 Å². The average molecular weight is 178 g/mol. The van der Waals surface area contributed by atoms with Gasteiger partial charge in [0.05, 0.1) is 12.5 Å². The maximum absolute atomic E-state index is 10.6. The molecule has 2 heteroatoms. The van der Waals surface area contributed by atoms with Crippen LogP contribution in [0.2, 0.25) is 0 Å². The molecule has 70 valence electrons. The maximum atomic E-state index is 10.6. The lowest BCUT2D eigenvalue weighted by Gasteiger charge is -2.11. The molecule has 0 bridgehead atoms. The Morgan fingerprint density at radius 1 is 1.46 bits per heavy atom. The minimum Gasteiger partial charge on any atom is -0.395 e. The van der Waals surface area contributed by atoms with E-state index in [9.17, 15) is 4.79 Å². The number of aliphatic hydroxyl groups is 1. The van der Waals surface area contributed by atoms with Gasteiger partial charge >= 0.3 is 0 Å². The quantitative estimate of drug-likeness (QED) is 0.710. The number of carbonyl (C=O) groups is 1. The first kappa shape index (κ1) is 9.93. The summed E-state index contributed by atoms with van der Waals surface area (Å²) in [5.41, 5.74) is 2.08. The molecule has 0 aromatic heterocycles. The van der Waals surface area contributed by atoms with E-state index in [0.29, 0.717) is 0 Å². The van der Waals surface area contributed by atoms with Crippen molar-refractivity contribution in [2.75, 3.05) is 6.61 Å². The molecule has 0 aliphatic rings. The Balaban J connectivity index is 3.03. The Hall–Kier alpha value is -1.15. The number of hydrogen-bond donors (Lipinski definition) is 1. The highest BCUT2D eigenvalue weighted by Gasteiger charge is 2.11. The van der Waals surface area contributed by atoms with Gasteiger partial charge < -0.3 is 9.90 Å². The minimum absolute atomic E-state index is 0.111. The van der Waals surface area contributed by atoms with Crippen LogP contribution in [0.5, 0.6) is 0 Å². The van der Waals surface area contributed by atoms with Crippen LogP contribution in [0.3, 0.4) is 0 Å². The van der Waals surface area contributed by atoms with Crippen LogP contribution >= 0.6 is 0 Å². The molecule has 0 saturated carbocycles. The van der Waals surface area contributed by atoms with Crippen molar-refractivity contribution in [3.8, 4) is 0 Å². The zero-order valence-electron chi connectivity index (χ0n) is 7.73. The highest BCUT2D eigenvalue weighted by Crippen LogP contribution is 2.18. The Bertz CT molecular complexity index is 281. The topological polar surface area (TPSA) is 37.3 Å². The second kappa shape index (κ2) is 4.77. The molecular weight excluding hydrogens is 164 g/mol. The third-order valence-corrected chi connectivity index (χ3v) is 2.20. The largest absolute Gasteiger partial charge is 0.395 e. The smallest absolute Gasteiger partial charge is 0.129 e. The highest BCUT2D eigenvalue weighted by molar-refractivity contribution is 5.63. The van der Waals surface area contributed by atoms with E-state index in [-0.39, 0.29) is 12.5 Å². The van der Waals surface area contributed by atoms with E-state index < -0.39 is 0 Å². The lowest BCUT2D eigenvalue weighted by atomic mass is 9.95. The summed E-state index contributed by atoms with van der Waals surface area (Å²) in [6.45, 7) is 1.93. The van der Waals surface area contributed by atoms with Gasteiger partial charge in [0, 0.05) is 0 Å². The van der Waals surface area contributed by atoms with E-state index in [0.717, 1.165) is 23.8 Å². The van der Waals surface area contributed by atoms with Crippen molar-refractivity contribution in [3.05, 3.63) is 35.4 Å². The van der Waals surface area contributed by atoms with Gasteiger partial charge in [0.1, 0.15) is 6.29 Å². The van der Waals surface area contributed by atoms with Crippen LogP contribution in [-0.2, 0) is 11.2 Å². The van der Waals surface area contributed by atoms with Gasteiger partial charge in [-0.05, 0) is 17.5 Å². The summed E-state index contributed by atoms with van der Waals surface area (Å²) in [5, 5.41) is 8.97. The number of aldehydes is 1. The second-order valence-electron chi connectivity index (χ2n) is 2.98. The van der Waals surface area contributed by atoms with Gasteiger partial charge in [-0.25, -0.2) is 0 Å². The summed E-state index contributed by atoms with van der Waals surface area (Å²) >= 11 is 0. The van der Waals surface area contributed by atoms with Crippen LogP contribution < -0.4 is 0 Å². The van der Waals surface area contributed by atoms with Crippen molar-refractivity contribution in [3.63, 3.8) is 0 Å². The fourth-order valence-corrected chi connectivity index (χ4v) is 1.43. The molecule has 1 aromatic rings. The van der Waals surface area contributed by atoms with E-state index in [1.165, 1.54) is 0 Å². The van der Waals surface area contributed by atoms with Gasteiger partial charge in [-0.15, -0.1) is 0 Å². The zero-order chi connectivity index (χ0) is 9.68. The molecule has 1 atom stereocenters. The van der Waals surface area contributed by atoms with Gasteiger partial charge in [-0.2, -0.15) is 0 Å². The summed E-state index contributed by atoms with van der Waals surface area (Å²) in [7, 11) is 0. The molecule has 13 heavy (non-hydrogen) atoms. The standard InChI is InChI=1S/C11H14O2/c1-2-9-5-3-4-6-11(9)10(7-12)8-13/h3-7,10,13H,2,8H2,1H3. The fraction of sp³-hybridized carbons (Fsp3) is 0.364. The maximum Gasteiger partial charge on any atom is 0.129 e. The SMILES string of the molecule is CCc1ccccc1C(C=O)CO. The average Bonchev–Trinajstić information content (AvgIpc) is 2.20. The molecule has 0 heterocycles. The summed E-state index contributed by atoms with van der Waals surface area (Å²) < 4.78 is 0. The minimum atomic E-state index is -0.365. The van der Waals surface area contributed by atoms with Gasteiger partial charge in [0.2, 0.25) is 0 Å². The highest BCUT2D eigenvalue weighted by atomic mass is 16.3. The predicted octanol–water partition coefficient (Wildman–Crippen LogP) is 1.52. The zero-order valence-corrected chi connectivity index (χ0v) is 7.73. The lowest BCUT2D eigenvalue weighted by Crippen LogP contribution is -2.07. The van der Waals surface area contributed by atoms with E-state index >= 15 is 0 Å². The van der Waals surface area contributed by atoms with Gasteiger partial charge in [0.15, 0.2) is 0 Å².